The van der Waals surface area contributed by atoms with Gasteiger partial charge in [0.1, 0.15) is 11.1 Å². The van der Waals surface area contributed by atoms with Crippen molar-refractivity contribution in [2.45, 2.75) is 39.0 Å². The Hall–Kier alpha value is -0.720. The van der Waals surface area contributed by atoms with Crippen molar-refractivity contribution in [1.29, 1.82) is 0 Å². The van der Waals surface area contributed by atoms with Gasteiger partial charge in [-0.1, -0.05) is 12.2 Å². The number of nitrogens with two attached hydrogens (primary N) is 1. The number of ether oxygens (including phenoxy) is 1. The predicted molar refractivity (Wildman–Crippen MR) is 70.8 cm³/mol. The van der Waals surface area contributed by atoms with Gasteiger partial charge in [-0.05, 0) is 20.8 Å². The summed E-state index contributed by atoms with van der Waals surface area (Å²) < 4.78 is 5.44. The Balaban J connectivity index is 2.54. The molecule has 0 saturated carbocycles. The zero-order valence-electron chi connectivity index (χ0n) is 10.6. The van der Waals surface area contributed by atoms with Crippen molar-refractivity contribution >= 4 is 23.1 Å². The van der Waals surface area contributed by atoms with E-state index < -0.39 is 0 Å². The van der Waals surface area contributed by atoms with Crippen molar-refractivity contribution < 1.29 is 9.53 Å². The lowest BCUT2D eigenvalue weighted by atomic mass is 10.2. The summed E-state index contributed by atoms with van der Waals surface area (Å²) in [5, 5.41) is 2.90. The van der Waals surface area contributed by atoms with Gasteiger partial charge in [0, 0.05) is 19.1 Å². The third-order valence-corrected chi connectivity index (χ3v) is 3.04. The molecule has 1 amide bonds. The van der Waals surface area contributed by atoms with Crippen LogP contribution in [0, 0.1) is 0 Å². The van der Waals surface area contributed by atoms with Crippen LogP contribution in [-0.2, 0) is 9.53 Å². The smallest absolute Gasteiger partial charge is 0.237 e. The highest BCUT2D eigenvalue weighted by molar-refractivity contribution is 7.80. The van der Waals surface area contributed by atoms with Crippen molar-refractivity contribution in [3.63, 3.8) is 0 Å². The van der Waals surface area contributed by atoms with Gasteiger partial charge in [0.2, 0.25) is 5.91 Å². The molecule has 3 N–H and O–H groups in total. The number of hydrogen-bond acceptors (Lipinski definition) is 4. The van der Waals surface area contributed by atoms with E-state index in [1.54, 1.807) is 0 Å². The topological polar surface area (TPSA) is 67.6 Å². The second-order valence-electron chi connectivity index (χ2n) is 4.60. The van der Waals surface area contributed by atoms with E-state index in [0.29, 0.717) is 18.1 Å². The second-order valence-corrected chi connectivity index (χ2v) is 5.07. The molecule has 1 fully saturated rings. The summed E-state index contributed by atoms with van der Waals surface area (Å²) in [7, 11) is 0. The van der Waals surface area contributed by atoms with Crippen molar-refractivity contribution in [2.24, 2.45) is 5.73 Å². The normalized spacial score (nSPS) is 23.4. The van der Waals surface area contributed by atoms with Crippen LogP contribution < -0.4 is 11.1 Å². The first kappa shape index (κ1) is 14.3. The minimum atomic E-state index is -0.243. The molecule has 1 aliphatic heterocycles. The van der Waals surface area contributed by atoms with Crippen molar-refractivity contribution in [2.75, 3.05) is 19.7 Å². The molecular formula is C11H21N3O2S. The van der Waals surface area contributed by atoms with Crippen LogP contribution in [-0.4, -0.2) is 53.7 Å². The number of nitrogens with one attached hydrogen (secondary N) is 1. The van der Waals surface area contributed by atoms with Crippen molar-refractivity contribution in [1.82, 2.24) is 10.2 Å². The Bertz CT molecular complexity index is 296. The summed E-state index contributed by atoms with van der Waals surface area (Å²) in [5.41, 5.74) is 5.57. The van der Waals surface area contributed by atoms with Crippen LogP contribution >= 0.6 is 12.2 Å². The molecule has 2 atom stereocenters. The fourth-order valence-corrected chi connectivity index (χ4v) is 1.91. The van der Waals surface area contributed by atoms with Gasteiger partial charge in [-0.3, -0.25) is 9.69 Å². The van der Waals surface area contributed by atoms with Crippen LogP contribution in [0.3, 0.4) is 0 Å². The molecule has 1 aliphatic rings. The number of rotatable bonds is 4. The van der Waals surface area contributed by atoms with Gasteiger partial charge >= 0.3 is 0 Å². The molecule has 0 bridgehead atoms. The fourth-order valence-electron chi connectivity index (χ4n) is 1.76. The minimum absolute atomic E-state index is 0.0311. The Morgan fingerprint density at radius 1 is 1.53 bits per heavy atom. The molecule has 1 saturated heterocycles. The molecule has 1 rings (SSSR count). The first-order chi connectivity index (χ1) is 7.91. The monoisotopic (exact) mass is 259 g/mol. The Morgan fingerprint density at radius 2 is 2.18 bits per heavy atom. The summed E-state index contributed by atoms with van der Waals surface area (Å²) >= 11 is 4.92. The number of carbonyl (C=O) groups excluding carboxylic acids is 1. The van der Waals surface area contributed by atoms with E-state index in [-0.39, 0.29) is 24.1 Å². The van der Waals surface area contributed by atoms with Crippen molar-refractivity contribution in [3.8, 4) is 0 Å². The van der Waals surface area contributed by atoms with Gasteiger partial charge in [0.25, 0.3) is 0 Å². The predicted octanol–water partition coefficient (Wildman–Crippen LogP) is -0.114. The molecular weight excluding hydrogens is 238 g/mol. The molecule has 0 aromatic carbocycles. The maximum absolute atomic E-state index is 11.9. The molecule has 0 aromatic heterocycles. The highest BCUT2D eigenvalue weighted by atomic mass is 32.1. The van der Waals surface area contributed by atoms with Crippen LogP contribution in [0.4, 0.5) is 0 Å². The Morgan fingerprint density at radius 3 is 2.71 bits per heavy atom. The van der Waals surface area contributed by atoms with Gasteiger partial charge in [-0.2, -0.15) is 0 Å². The maximum atomic E-state index is 11.9. The standard InChI is InChI=1S/C11H21N3O2S/c1-7(2)13-11(15)8(3)14-4-5-16-9(6-14)10(12)17/h7-9H,4-6H2,1-3H3,(H2,12,17)(H,13,15). The lowest BCUT2D eigenvalue weighted by Gasteiger charge is -2.35. The molecule has 1 heterocycles. The summed E-state index contributed by atoms with van der Waals surface area (Å²) in [5.74, 6) is 0.0311. The number of hydrogen-bond donors (Lipinski definition) is 2. The second kappa shape index (κ2) is 6.28. The quantitative estimate of drug-likeness (QED) is 0.689. The summed E-state index contributed by atoms with van der Waals surface area (Å²) in [6, 6.07) is -0.0319. The van der Waals surface area contributed by atoms with Gasteiger partial charge < -0.3 is 15.8 Å². The lowest BCUT2D eigenvalue weighted by Crippen LogP contribution is -2.55. The molecule has 0 radical (unpaired) electrons. The lowest BCUT2D eigenvalue weighted by molar-refractivity contribution is -0.128. The number of amides is 1. The zero-order chi connectivity index (χ0) is 13.0. The van der Waals surface area contributed by atoms with Crippen LogP contribution in [0.15, 0.2) is 0 Å². The highest BCUT2D eigenvalue weighted by Gasteiger charge is 2.29. The van der Waals surface area contributed by atoms with Crippen molar-refractivity contribution in [3.05, 3.63) is 0 Å². The number of nitrogens with zero attached hydrogens (tertiary/aromatic N) is 1. The largest absolute Gasteiger partial charge is 0.391 e. The number of thiocarbonyl (C=S) groups is 1. The SMILES string of the molecule is CC(C)NC(=O)C(C)N1CCOC(C(N)=S)C1. The summed E-state index contributed by atoms with van der Waals surface area (Å²) in [4.78, 5) is 14.3. The van der Waals surface area contributed by atoms with Crippen LogP contribution in [0.25, 0.3) is 0 Å². The first-order valence-corrected chi connectivity index (χ1v) is 6.28. The van der Waals surface area contributed by atoms with E-state index in [1.807, 2.05) is 25.7 Å². The van der Waals surface area contributed by atoms with Gasteiger partial charge in [0.15, 0.2) is 0 Å². The van der Waals surface area contributed by atoms with E-state index in [9.17, 15) is 4.79 Å². The first-order valence-electron chi connectivity index (χ1n) is 5.87. The molecule has 0 spiro atoms. The van der Waals surface area contributed by atoms with Gasteiger partial charge in [-0.25, -0.2) is 0 Å². The molecule has 6 heteroatoms. The third-order valence-electron chi connectivity index (χ3n) is 2.77. The highest BCUT2D eigenvalue weighted by Crippen LogP contribution is 2.09. The zero-order valence-corrected chi connectivity index (χ0v) is 11.4. The third kappa shape index (κ3) is 4.22. The fraction of sp³-hybridized carbons (Fsp3) is 0.818. The molecule has 17 heavy (non-hydrogen) atoms. The van der Waals surface area contributed by atoms with Crippen LogP contribution in [0.5, 0.6) is 0 Å². The average molecular weight is 259 g/mol. The van der Waals surface area contributed by atoms with Crippen LogP contribution in [0.1, 0.15) is 20.8 Å². The van der Waals surface area contributed by atoms with E-state index in [4.69, 9.17) is 22.7 Å². The van der Waals surface area contributed by atoms with Gasteiger partial charge in [-0.15, -0.1) is 0 Å². The van der Waals surface area contributed by atoms with E-state index >= 15 is 0 Å². The summed E-state index contributed by atoms with van der Waals surface area (Å²) in [6.45, 7) is 7.65. The molecule has 5 nitrogen and oxygen atoms in total. The van der Waals surface area contributed by atoms with Gasteiger partial charge in [0.05, 0.1) is 12.6 Å². The minimum Gasteiger partial charge on any atom is -0.391 e. The molecule has 2 unspecified atom stereocenters. The Labute approximate surface area is 108 Å². The maximum Gasteiger partial charge on any atom is 0.237 e. The number of carbonyl (C=O) groups is 1. The Kier molecular flexibility index (Phi) is 5.30. The van der Waals surface area contributed by atoms with E-state index in [2.05, 4.69) is 5.32 Å². The molecule has 98 valence electrons. The molecule has 0 aliphatic carbocycles. The van der Waals surface area contributed by atoms with E-state index in [1.165, 1.54) is 0 Å². The average Bonchev–Trinajstić information content (AvgIpc) is 2.27. The summed E-state index contributed by atoms with van der Waals surface area (Å²) in [6.07, 6.45) is -0.243. The number of morpholine rings is 1. The molecule has 0 aromatic rings. The van der Waals surface area contributed by atoms with Crippen LogP contribution in [0.2, 0.25) is 0 Å². The van der Waals surface area contributed by atoms with E-state index in [0.717, 1.165) is 6.54 Å².